The van der Waals surface area contributed by atoms with Crippen molar-refractivity contribution in [3.8, 4) is 0 Å². The molecule has 7 nitrogen and oxygen atoms in total. The van der Waals surface area contributed by atoms with Crippen LogP contribution in [0.5, 0.6) is 0 Å². The smallest absolute Gasteiger partial charge is 0.317 e. The molecule has 0 aliphatic carbocycles. The summed E-state index contributed by atoms with van der Waals surface area (Å²) in [5.41, 5.74) is 3.98. The van der Waals surface area contributed by atoms with Crippen LogP contribution in [0, 0.1) is 0 Å². The number of carboxylic acids is 1. The van der Waals surface area contributed by atoms with Crippen molar-refractivity contribution in [3.63, 3.8) is 0 Å². The number of hydrogen-bond acceptors (Lipinski definition) is 3. The first kappa shape index (κ1) is 15.2. The van der Waals surface area contributed by atoms with Crippen molar-refractivity contribution in [1.82, 2.24) is 10.2 Å². The van der Waals surface area contributed by atoms with Crippen LogP contribution in [-0.2, 0) is 9.59 Å². The van der Waals surface area contributed by atoms with Gasteiger partial charge in [-0.3, -0.25) is 9.59 Å². The van der Waals surface area contributed by atoms with Crippen LogP contribution in [-0.4, -0.2) is 47.0 Å². The van der Waals surface area contributed by atoms with Gasteiger partial charge in [-0.2, -0.15) is 0 Å². The minimum absolute atomic E-state index is 0.00314. The van der Waals surface area contributed by atoms with Crippen LogP contribution in [0.2, 0.25) is 0 Å². The third-order valence-electron chi connectivity index (χ3n) is 2.27. The Morgan fingerprint density at radius 1 is 1.35 bits per heavy atom. The molecule has 3 amide bonds. The zero-order valence-electron chi connectivity index (χ0n) is 10.3. The van der Waals surface area contributed by atoms with Crippen molar-refractivity contribution in [2.24, 2.45) is 5.73 Å². The van der Waals surface area contributed by atoms with Gasteiger partial charge in [-0.05, 0) is 20.3 Å². The third kappa shape index (κ3) is 5.74. The molecule has 0 fully saturated rings. The van der Waals surface area contributed by atoms with E-state index >= 15 is 0 Å². The van der Waals surface area contributed by atoms with Crippen molar-refractivity contribution in [2.75, 3.05) is 13.6 Å². The fraction of sp³-hybridized carbons (Fsp3) is 0.700. The standard InChI is InChI=1S/C10H19N3O4/c1-10(2,8(11)16)12-9(17)13(3)6-4-5-7(14)15/h4-6H2,1-3H3,(H2,11,16)(H,12,17)(H,14,15). The number of nitrogens with two attached hydrogens (primary N) is 1. The van der Waals surface area contributed by atoms with Crippen LogP contribution >= 0.6 is 0 Å². The first-order chi connectivity index (χ1) is 7.66. The van der Waals surface area contributed by atoms with E-state index in [2.05, 4.69) is 5.32 Å². The van der Waals surface area contributed by atoms with Gasteiger partial charge in [-0.1, -0.05) is 0 Å². The van der Waals surface area contributed by atoms with E-state index in [-0.39, 0.29) is 6.42 Å². The zero-order valence-corrected chi connectivity index (χ0v) is 10.3. The van der Waals surface area contributed by atoms with Crippen LogP contribution < -0.4 is 11.1 Å². The van der Waals surface area contributed by atoms with Gasteiger partial charge in [0, 0.05) is 20.0 Å². The molecule has 0 aromatic heterocycles. The molecule has 98 valence electrons. The van der Waals surface area contributed by atoms with Gasteiger partial charge in [0.25, 0.3) is 0 Å². The minimum atomic E-state index is -1.13. The quantitative estimate of drug-likeness (QED) is 0.599. The summed E-state index contributed by atoms with van der Waals surface area (Å²) in [5.74, 6) is -1.54. The molecule has 0 bridgehead atoms. The predicted octanol–water partition coefficient (Wildman–Crippen LogP) is -0.243. The Hall–Kier alpha value is -1.79. The van der Waals surface area contributed by atoms with E-state index in [0.717, 1.165) is 0 Å². The van der Waals surface area contributed by atoms with Crippen molar-refractivity contribution >= 4 is 17.9 Å². The molecule has 7 heteroatoms. The first-order valence-corrected chi connectivity index (χ1v) is 5.22. The highest BCUT2D eigenvalue weighted by atomic mass is 16.4. The van der Waals surface area contributed by atoms with Gasteiger partial charge in [-0.25, -0.2) is 4.79 Å². The van der Waals surface area contributed by atoms with Crippen LogP contribution in [0.4, 0.5) is 4.79 Å². The summed E-state index contributed by atoms with van der Waals surface area (Å²) >= 11 is 0. The second-order valence-electron chi connectivity index (χ2n) is 4.34. The van der Waals surface area contributed by atoms with E-state index in [1.165, 1.54) is 25.8 Å². The maximum atomic E-state index is 11.6. The molecule has 0 heterocycles. The number of rotatable bonds is 6. The number of urea groups is 1. The molecule has 0 aliphatic rings. The molecule has 0 saturated heterocycles. The lowest BCUT2D eigenvalue weighted by molar-refractivity contribution is -0.137. The lowest BCUT2D eigenvalue weighted by atomic mass is 10.1. The van der Waals surface area contributed by atoms with Gasteiger partial charge in [0.2, 0.25) is 5.91 Å². The van der Waals surface area contributed by atoms with Gasteiger partial charge in [0.1, 0.15) is 5.54 Å². The molecule has 0 spiro atoms. The number of carbonyl (C=O) groups excluding carboxylic acids is 2. The predicted molar refractivity (Wildman–Crippen MR) is 61.3 cm³/mol. The van der Waals surface area contributed by atoms with E-state index in [9.17, 15) is 14.4 Å². The molecule has 0 radical (unpaired) electrons. The average molecular weight is 245 g/mol. The molecule has 17 heavy (non-hydrogen) atoms. The second-order valence-corrected chi connectivity index (χ2v) is 4.34. The Kier molecular flexibility index (Phi) is 5.43. The fourth-order valence-corrected chi connectivity index (χ4v) is 0.993. The largest absolute Gasteiger partial charge is 0.481 e. The average Bonchev–Trinajstić information content (AvgIpc) is 2.15. The zero-order chi connectivity index (χ0) is 13.6. The number of amides is 3. The van der Waals surface area contributed by atoms with Gasteiger partial charge in [0.05, 0.1) is 0 Å². The van der Waals surface area contributed by atoms with E-state index < -0.39 is 23.4 Å². The Labute approximate surface area is 100.0 Å². The van der Waals surface area contributed by atoms with Crippen molar-refractivity contribution in [3.05, 3.63) is 0 Å². The number of nitrogens with one attached hydrogen (secondary N) is 1. The van der Waals surface area contributed by atoms with E-state index in [1.807, 2.05) is 0 Å². The van der Waals surface area contributed by atoms with Crippen molar-refractivity contribution < 1.29 is 19.5 Å². The van der Waals surface area contributed by atoms with Crippen molar-refractivity contribution in [1.29, 1.82) is 0 Å². The van der Waals surface area contributed by atoms with Gasteiger partial charge >= 0.3 is 12.0 Å². The maximum absolute atomic E-state index is 11.6. The number of carboxylic acid groups (broad SMARTS) is 1. The van der Waals surface area contributed by atoms with Gasteiger partial charge < -0.3 is 21.1 Å². The van der Waals surface area contributed by atoms with E-state index in [4.69, 9.17) is 10.8 Å². The fourth-order valence-electron chi connectivity index (χ4n) is 0.993. The molecule has 4 N–H and O–H groups in total. The number of primary amides is 1. The first-order valence-electron chi connectivity index (χ1n) is 5.22. The van der Waals surface area contributed by atoms with Crippen LogP contribution in [0.3, 0.4) is 0 Å². The highest BCUT2D eigenvalue weighted by Gasteiger charge is 2.27. The minimum Gasteiger partial charge on any atom is -0.481 e. The number of hydrogen-bond donors (Lipinski definition) is 3. The summed E-state index contributed by atoms with van der Waals surface area (Å²) in [5, 5.41) is 10.9. The normalized spacial score (nSPS) is 10.8. The summed E-state index contributed by atoms with van der Waals surface area (Å²) in [6.45, 7) is 3.30. The second kappa shape index (κ2) is 6.07. The number of carbonyl (C=O) groups is 3. The summed E-state index contributed by atoms with van der Waals surface area (Å²) in [6, 6.07) is -0.459. The Morgan fingerprint density at radius 2 is 1.88 bits per heavy atom. The topological polar surface area (TPSA) is 113 Å². The van der Waals surface area contributed by atoms with Crippen molar-refractivity contribution in [2.45, 2.75) is 32.2 Å². The summed E-state index contributed by atoms with van der Waals surface area (Å²) in [7, 11) is 1.52. The Morgan fingerprint density at radius 3 is 2.29 bits per heavy atom. The number of nitrogens with zero attached hydrogens (tertiary/aromatic N) is 1. The van der Waals surface area contributed by atoms with E-state index in [1.54, 1.807) is 0 Å². The molecule has 0 rings (SSSR count). The highest BCUT2D eigenvalue weighted by Crippen LogP contribution is 2.02. The summed E-state index contributed by atoms with van der Waals surface area (Å²) in [6.07, 6.45) is 0.354. The molecule has 0 aromatic rings. The summed E-state index contributed by atoms with van der Waals surface area (Å²) in [4.78, 5) is 34.2. The lowest BCUT2D eigenvalue weighted by Crippen LogP contribution is -2.56. The molecular weight excluding hydrogens is 226 g/mol. The lowest BCUT2D eigenvalue weighted by Gasteiger charge is -2.26. The SMILES string of the molecule is CN(CCCC(=O)O)C(=O)NC(C)(C)C(N)=O. The molecule has 0 unspecified atom stereocenters. The maximum Gasteiger partial charge on any atom is 0.317 e. The number of aliphatic carboxylic acids is 1. The Balaban J connectivity index is 4.14. The molecular formula is C10H19N3O4. The van der Waals surface area contributed by atoms with Gasteiger partial charge in [-0.15, -0.1) is 0 Å². The molecule has 0 aromatic carbocycles. The highest BCUT2D eigenvalue weighted by molar-refractivity contribution is 5.89. The van der Waals surface area contributed by atoms with Crippen LogP contribution in [0.1, 0.15) is 26.7 Å². The summed E-state index contributed by atoms with van der Waals surface area (Å²) < 4.78 is 0. The Bertz CT molecular complexity index is 315. The van der Waals surface area contributed by atoms with Gasteiger partial charge in [0.15, 0.2) is 0 Å². The van der Waals surface area contributed by atoms with Crippen LogP contribution in [0.25, 0.3) is 0 Å². The van der Waals surface area contributed by atoms with Crippen LogP contribution in [0.15, 0.2) is 0 Å². The molecule has 0 atom stereocenters. The third-order valence-corrected chi connectivity index (χ3v) is 2.27. The molecule has 0 aliphatic heterocycles. The monoisotopic (exact) mass is 245 g/mol. The van der Waals surface area contributed by atoms with E-state index in [0.29, 0.717) is 13.0 Å². The molecule has 0 saturated carbocycles.